The van der Waals surface area contributed by atoms with Crippen LogP contribution in [0.25, 0.3) is 0 Å². The van der Waals surface area contributed by atoms with Crippen LogP contribution in [0.4, 0.5) is 10.1 Å². The number of aromatic carboxylic acids is 1. The number of benzene rings is 1. The van der Waals surface area contributed by atoms with Gasteiger partial charge in [0.25, 0.3) is 0 Å². The number of carboxylic acid groups (broad SMARTS) is 1. The summed E-state index contributed by atoms with van der Waals surface area (Å²) in [6, 6.07) is 3.23. The minimum atomic E-state index is -1.19. The van der Waals surface area contributed by atoms with Gasteiger partial charge in [-0.05, 0) is 32.0 Å². The van der Waals surface area contributed by atoms with E-state index in [4.69, 9.17) is 5.11 Å². The Hall–Kier alpha value is -2.70. The van der Waals surface area contributed by atoms with Gasteiger partial charge in [0.15, 0.2) is 0 Å². The molecular formula is C14H14FN3O3. The third kappa shape index (κ3) is 3.25. The molecule has 0 aliphatic heterocycles. The van der Waals surface area contributed by atoms with Crippen molar-refractivity contribution in [3.05, 3.63) is 46.5 Å². The van der Waals surface area contributed by atoms with E-state index in [0.29, 0.717) is 5.69 Å². The molecule has 0 saturated heterocycles. The molecule has 0 aliphatic rings. The third-order valence-electron chi connectivity index (χ3n) is 3.11. The molecular weight excluding hydrogens is 277 g/mol. The Labute approximate surface area is 120 Å². The van der Waals surface area contributed by atoms with Crippen LogP contribution in [-0.4, -0.2) is 27.2 Å². The average Bonchev–Trinajstić information content (AvgIpc) is 2.73. The number of aromatic amines is 1. The van der Waals surface area contributed by atoms with Crippen LogP contribution >= 0.6 is 0 Å². The first-order valence-electron chi connectivity index (χ1n) is 6.21. The molecule has 3 N–H and O–H groups in total. The first-order valence-corrected chi connectivity index (χ1v) is 6.21. The van der Waals surface area contributed by atoms with E-state index in [1.165, 1.54) is 0 Å². The summed E-state index contributed by atoms with van der Waals surface area (Å²) in [5, 5.41) is 18.0. The van der Waals surface area contributed by atoms with Crippen molar-refractivity contribution in [2.45, 2.75) is 20.3 Å². The predicted molar refractivity (Wildman–Crippen MR) is 73.8 cm³/mol. The van der Waals surface area contributed by atoms with Gasteiger partial charge in [-0.1, -0.05) is 0 Å². The van der Waals surface area contributed by atoms with Crippen LogP contribution in [0.1, 0.15) is 27.3 Å². The van der Waals surface area contributed by atoms with Crippen molar-refractivity contribution < 1.29 is 19.1 Å². The molecule has 0 radical (unpaired) electrons. The lowest BCUT2D eigenvalue weighted by Crippen LogP contribution is -2.16. The summed E-state index contributed by atoms with van der Waals surface area (Å²) in [5.74, 6) is -2.31. The number of amides is 1. The minimum absolute atomic E-state index is 0.0326. The molecule has 0 fully saturated rings. The van der Waals surface area contributed by atoms with Crippen LogP contribution in [0, 0.1) is 19.7 Å². The van der Waals surface area contributed by atoms with Crippen molar-refractivity contribution in [3.8, 4) is 0 Å². The molecule has 1 aromatic carbocycles. The highest BCUT2D eigenvalue weighted by molar-refractivity contribution is 5.95. The van der Waals surface area contributed by atoms with Gasteiger partial charge in [-0.15, -0.1) is 0 Å². The van der Waals surface area contributed by atoms with Crippen LogP contribution in [0.3, 0.4) is 0 Å². The lowest BCUT2D eigenvalue weighted by atomic mass is 10.1. The van der Waals surface area contributed by atoms with E-state index in [0.717, 1.165) is 29.5 Å². The number of H-pyrrole nitrogens is 1. The SMILES string of the molecule is Cc1n[nH]c(C)c1CC(=O)Nc1cc(C(=O)O)ccc1F. The molecule has 0 unspecified atom stereocenters. The van der Waals surface area contributed by atoms with E-state index in [-0.39, 0.29) is 17.7 Å². The van der Waals surface area contributed by atoms with Gasteiger partial charge in [-0.3, -0.25) is 9.89 Å². The summed E-state index contributed by atoms with van der Waals surface area (Å²) >= 11 is 0. The summed E-state index contributed by atoms with van der Waals surface area (Å²) in [6.07, 6.45) is 0.0326. The van der Waals surface area contributed by atoms with Crippen molar-refractivity contribution in [1.29, 1.82) is 0 Å². The first-order chi connectivity index (χ1) is 9.88. The van der Waals surface area contributed by atoms with Crippen molar-refractivity contribution in [3.63, 3.8) is 0 Å². The fourth-order valence-corrected chi connectivity index (χ4v) is 1.94. The number of rotatable bonds is 4. The molecule has 2 aromatic rings. The Morgan fingerprint density at radius 2 is 2.10 bits per heavy atom. The van der Waals surface area contributed by atoms with Gasteiger partial charge in [-0.25, -0.2) is 9.18 Å². The highest BCUT2D eigenvalue weighted by Gasteiger charge is 2.14. The van der Waals surface area contributed by atoms with Crippen LogP contribution in [0.15, 0.2) is 18.2 Å². The molecule has 0 spiro atoms. The number of hydrogen-bond donors (Lipinski definition) is 3. The highest BCUT2D eigenvalue weighted by Crippen LogP contribution is 2.17. The van der Waals surface area contributed by atoms with Crippen LogP contribution in [0.5, 0.6) is 0 Å². The Morgan fingerprint density at radius 1 is 1.38 bits per heavy atom. The summed E-state index contributed by atoms with van der Waals surface area (Å²) in [5.41, 5.74) is 1.95. The largest absolute Gasteiger partial charge is 0.478 e. The summed E-state index contributed by atoms with van der Waals surface area (Å²) in [6.45, 7) is 3.55. The van der Waals surface area contributed by atoms with Crippen LogP contribution in [0.2, 0.25) is 0 Å². The van der Waals surface area contributed by atoms with Gasteiger partial charge < -0.3 is 10.4 Å². The second kappa shape index (κ2) is 5.74. The summed E-state index contributed by atoms with van der Waals surface area (Å²) in [7, 11) is 0. The van der Waals surface area contributed by atoms with Crippen LogP contribution in [-0.2, 0) is 11.2 Å². The lowest BCUT2D eigenvalue weighted by molar-refractivity contribution is -0.115. The van der Waals surface area contributed by atoms with E-state index in [9.17, 15) is 14.0 Å². The number of aryl methyl sites for hydroxylation is 2. The van der Waals surface area contributed by atoms with Crippen molar-refractivity contribution >= 4 is 17.6 Å². The van der Waals surface area contributed by atoms with E-state index in [1.54, 1.807) is 13.8 Å². The molecule has 1 aromatic heterocycles. The zero-order valence-corrected chi connectivity index (χ0v) is 11.5. The van der Waals surface area contributed by atoms with Gasteiger partial charge in [0.05, 0.1) is 23.4 Å². The zero-order chi connectivity index (χ0) is 15.6. The maximum atomic E-state index is 13.6. The number of hydrogen-bond acceptors (Lipinski definition) is 3. The molecule has 0 atom stereocenters. The van der Waals surface area contributed by atoms with Crippen molar-refractivity contribution in [2.75, 3.05) is 5.32 Å². The molecule has 1 amide bonds. The number of carbonyl (C=O) groups excluding carboxylic acids is 1. The van der Waals surface area contributed by atoms with Gasteiger partial charge in [0.1, 0.15) is 5.82 Å². The average molecular weight is 291 g/mol. The molecule has 110 valence electrons. The Morgan fingerprint density at radius 3 is 2.67 bits per heavy atom. The Bertz CT molecular complexity index is 690. The maximum absolute atomic E-state index is 13.6. The molecule has 21 heavy (non-hydrogen) atoms. The maximum Gasteiger partial charge on any atom is 0.335 e. The fraction of sp³-hybridized carbons (Fsp3) is 0.214. The first kappa shape index (κ1) is 14.7. The monoisotopic (exact) mass is 291 g/mol. The minimum Gasteiger partial charge on any atom is -0.478 e. The molecule has 1 heterocycles. The zero-order valence-electron chi connectivity index (χ0n) is 11.5. The number of carboxylic acids is 1. The second-order valence-corrected chi connectivity index (χ2v) is 4.64. The molecule has 0 bridgehead atoms. The topological polar surface area (TPSA) is 95.1 Å². The molecule has 2 rings (SSSR count). The standard InChI is InChI=1S/C14H14FN3O3/c1-7-10(8(2)18-17-7)6-13(19)16-12-5-9(14(20)21)3-4-11(12)15/h3-5H,6H2,1-2H3,(H,16,19)(H,17,18)(H,20,21). The Balaban J connectivity index is 2.16. The van der Waals surface area contributed by atoms with Crippen molar-refractivity contribution in [1.82, 2.24) is 10.2 Å². The molecule has 0 aliphatic carbocycles. The quantitative estimate of drug-likeness (QED) is 0.803. The Kier molecular flexibility index (Phi) is 4.02. The van der Waals surface area contributed by atoms with E-state index < -0.39 is 17.7 Å². The second-order valence-electron chi connectivity index (χ2n) is 4.64. The number of aromatic nitrogens is 2. The third-order valence-corrected chi connectivity index (χ3v) is 3.11. The molecule has 7 heteroatoms. The number of anilines is 1. The number of nitrogens with zero attached hydrogens (tertiary/aromatic N) is 1. The summed E-state index contributed by atoms with van der Waals surface area (Å²) < 4.78 is 13.6. The van der Waals surface area contributed by atoms with E-state index >= 15 is 0 Å². The van der Waals surface area contributed by atoms with E-state index in [1.807, 2.05) is 0 Å². The fourth-order valence-electron chi connectivity index (χ4n) is 1.94. The highest BCUT2D eigenvalue weighted by atomic mass is 19.1. The van der Waals surface area contributed by atoms with Crippen LogP contribution < -0.4 is 5.32 Å². The number of nitrogens with one attached hydrogen (secondary N) is 2. The summed E-state index contributed by atoms with van der Waals surface area (Å²) in [4.78, 5) is 22.8. The number of carbonyl (C=O) groups is 2. The van der Waals surface area contributed by atoms with E-state index in [2.05, 4.69) is 15.5 Å². The number of halogens is 1. The normalized spacial score (nSPS) is 10.4. The predicted octanol–water partition coefficient (Wildman–Crippen LogP) is 2.05. The van der Waals surface area contributed by atoms with Crippen molar-refractivity contribution in [2.24, 2.45) is 0 Å². The van der Waals surface area contributed by atoms with Gasteiger partial charge in [0, 0.05) is 11.3 Å². The molecule has 6 nitrogen and oxygen atoms in total. The molecule has 0 saturated carbocycles. The smallest absolute Gasteiger partial charge is 0.335 e. The van der Waals surface area contributed by atoms with Gasteiger partial charge in [0.2, 0.25) is 5.91 Å². The lowest BCUT2D eigenvalue weighted by Gasteiger charge is -2.07. The van der Waals surface area contributed by atoms with Gasteiger partial charge in [-0.2, -0.15) is 5.10 Å². The van der Waals surface area contributed by atoms with Gasteiger partial charge >= 0.3 is 5.97 Å².